The van der Waals surface area contributed by atoms with E-state index in [1.807, 2.05) is 36.2 Å². The minimum absolute atomic E-state index is 0.148. The third-order valence-electron chi connectivity index (χ3n) is 5.13. The van der Waals surface area contributed by atoms with Crippen LogP contribution in [0.4, 0.5) is 5.69 Å². The maximum Gasteiger partial charge on any atom is 0.222 e. The molecule has 0 radical (unpaired) electrons. The quantitative estimate of drug-likeness (QED) is 0.612. The summed E-state index contributed by atoms with van der Waals surface area (Å²) in [5.41, 5.74) is 2.48. The van der Waals surface area contributed by atoms with Crippen LogP contribution in [0.25, 0.3) is 0 Å². The van der Waals surface area contributed by atoms with E-state index >= 15 is 0 Å². The van der Waals surface area contributed by atoms with Crippen LogP contribution < -0.4 is 14.4 Å². The topological polar surface area (TPSA) is 42.0 Å². The van der Waals surface area contributed by atoms with Crippen molar-refractivity contribution in [3.63, 3.8) is 0 Å². The molecule has 1 heterocycles. The van der Waals surface area contributed by atoms with Gasteiger partial charge in [-0.1, -0.05) is 18.2 Å². The van der Waals surface area contributed by atoms with Gasteiger partial charge < -0.3 is 19.3 Å². The van der Waals surface area contributed by atoms with Gasteiger partial charge in [-0.2, -0.15) is 0 Å². The number of ether oxygens (including phenoxy) is 2. The second-order valence-electron chi connectivity index (χ2n) is 7.20. The van der Waals surface area contributed by atoms with Crippen molar-refractivity contribution in [1.29, 1.82) is 0 Å². The van der Waals surface area contributed by atoms with Crippen LogP contribution in [0.3, 0.4) is 0 Å². The first-order chi connectivity index (χ1) is 13.7. The van der Waals surface area contributed by atoms with E-state index < -0.39 is 0 Å². The number of nitrogens with zero attached hydrogens (tertiary/aromatic N) is 2. The first kappa shape index (κ1) is 20.1. The van der Waals surface area contributed by atoms with Gasteiger partial charge in [0.05, 0.1) is 13.7 Å². The van der Waals surface area contributed by atoms with Crippen molar-refractivity contribution in [3.8, 4) is 11.5 Å². The lowest BCUT2D eigenvalue weighted by Gasteiger charge is -2.24. The monoisotopic (exact) mass is 382 g/mol. The molecule has 0 spiro atoms. The van der Waals surface area contributed by atoms with Gasteiger partial charge in [0, 0.05) is 38.8 Å². The lowest BCUT2D eigenvalue weighted by atomic mass is 10.1. The number of hydrogen-bond acceptors (Lipinski definition) is 4. The van der Waals surface area contributed by atoms with Gasteiger partial charge in [-0.3, -0.25) is 4.79 Å². The molecule has 0 aliphatic carbocycles. The summed E-state index contributed by atoms with van der Waals surface area (Å²) >= 11 is 0. The van der Waals surface area contributed by atoms with Gasteiger partial charge in [-0.05, 0) is 55.2 Å². The molecule has 1 aliphatic rings. The molecular formula is C23H30N2O3. The first-order valence-corrected chi connectivity index (χ1v) is 10.0. The Bertz CT molecular complexity index is 755. The maximum absolute atomic E-state index is 12.5. The van der Waals surface area contributed by atoms with Gasteiger partial charge in [0.25, 0.3) is 0 Å². The lowest BCUT2D eigenvalue weighted by Crippen LogP contribution is -2.28. The largest absolute Gasteiger partial charge is 0.497 e. The third-order valence-corrected chi connectivity index (χ3v) is 5.13. The van der Waals surface area contributed by atoms with Crippen LogP contribution in [-0.2, 0) is 11.3 Å². The fraction of sp³-hybridized carbons (Fsp3) is 0.435. The third kappa shape index (κ3) is 5.41. The van der Waals surface area contributed by atoms with E-state index in [-0.39, 0.29) is 5.91 Å². The highest BCUT2D eigenvalue weighted by molar-refractivity contribution is 5.76. The summed E-state index contributed by atoms with van der Waals surface area (Å²) < 4.78 is 10.8. The summed E-state index contributed by atoms with van der Waals surface area (Å²) in [6.45, 7) is 3.38. The fourth-order valence-electron chi connectivity index (χ4n) is 3.53. The molecule has 28 heavy (non-hydrogen) atoms. The maximum atomic E-state index is 12.5. The zero-order chi connectivity index (χ0) is 19.8. The van der Waals surface area contributed by atoms with Crippen LogP contribution >= 0.6 is 0 Å². The highest BCUT2D eigenvalue weighted by atomic mass is 16.5. The summed E-state index contributed by atoms with van der Waals surface area (Å²) in [5, 5.41) is 0. The van der Waals surface area contributed by atoms with E-state index in [4.69, 9.17) is 9.47 Å². The number of anilines is 1. The minimum atomic E-state index is 0.148. The van der Waals surface area contributed by atoms with Crippen LogP contribution in [0, 0.1) is 0 Å². The molecular weight excluding hydrogens is 352 g/mol. The molecule has 2 aromatic rings. The summed E-state index contributed by atoms with van der Waals surface area (Å²) in [6, 6.07) is 15.9. The Hall–Kier alpha value is -2.69. The highest BCUT2D eigenvalue weighted by Gasteiger charge is 2.17. The van der Waals surface area contributed by atoms with E-state index in [0.29, 0.717) is 26.0 Å². The number of methoxy groups -OCH3 is 1. The van der Waals surface area contributed by atoms with Crippen molar-refractivity contribution >= 4 is 11.6 Å². The Balaban J connectivity index is 1.44. The second-order valence-corrected chi connectivity index (χ2v) is 7.20. The highest BCUT2D eigenvalue weighted by Crippen LogP contribution is 2.25. The average Bonchev–Trinajstić information content (AvgIpc) is 3.26. The van der Waals surface area contributed by atoms with Crippen molar-refractivity contribution in [3.05, 3.63) is 54.1 Å². The first-order valence-electron chi connectivity index (χ1n) is 10.0. The molecule has 0 N–H and O–H groups in total. The number of carbonyl (C=O) groups is 1. The molecule has 5 nitrogen and oxygen atoms in total. The molecule has 0 saturated carbocycles. The fourth-order valence-corrected chi connectivity index (χ4v) is 3.53. The Kier molecular flexibility index (Phi) is 7.18. The zero-order valence-corrected chi connectivity index (χ0v) is 16.9. The second kappa shape index (κ2) is 10.0. The number of carbonyl (C=O) groups excluding carboxylic acids is 1. The number of para-hydroxylation sites is 1. The summed E-state index contributed by atoms with van der Waals surface area (Å²) in [4.78, 5) is 16.8. The molecule has 1 saturated heterocycles. The molecule has 2 aromatic carbocycles. The predicted octanol–water partition coefficient (Wildman–Crippen LogP) is 4.11. The van der Waals surface area contributed by atoms with E-state index in [1.54, 1.807) is 7.11 Å². The Labute approximate surface area is 167 Å². The van der Waals surface area contributed by atoms with E-state index in [2.05, 4.69) is 29.2 Å². The summed E-state index contributed by atoms with van der Waals surface area (Å²) in [7, 11) is 3.52. The SMILES string of the molecule is COc1ccc(OCCCC(=O)N(C)Cc2ccccc2N2CCCC2)cc1. The van der Waals surface area contributed by atoms with Crippen LogP contribution in [0.15, 0.2) is 48.5 Å². The molecule has 1 aliphatic heterocycles. The van der Waals surface area contributed by atoms with Gasteiger partial charge in [0.15, 0.2) is 0 Å². The molecule has 0 unspecified atom stereocenters. The number of amides is 1. The molecule has 0 aromatic heterocycles. The normalized spacial score (nSPS) is 13.4. The molecule has 0 bridgehead atoms. The average molecular weight is 383 g/mol. The van der Waals surface area contributed by atoms with Gasteiger partial charge in [0.1, 0.15) is 11.5 Å². The Morgan fingerprint density at radius 1 is 1.04 bits per heavy atom. The van der Waals surface area contributed by atoms with E-state index in [0.717, 1.165) is 24.6 Å². The number of rotatable bonds is 9. The van der Waals surface area contributed by atoms with Gasteiger partial charge in [-0.15, -0.1) is 0 Å². The van der Waals surface area contributed by atoms with Crippen LogP contribution in [0.2, 0.25) is 0 Å². The van der Waals surface area contributed by atoms with E-state index in [9.17, 15) is 4.79 Å². The summed E-state index contributed by atoms with van der Waals surface area (Å²) in [6.07, 6.45) is 3.68. The Morgan fingerprint density at radius 3 is 2.43 bits per heavy atom. The predicted molar refractivity (Wildman–Crippen MR) is 112 cm³/mol. The van der Waals surface area contributed by atoms with Crippen molar-refractivity contribution in [2.75, 3.05) is 38.8 Å². The summed E-state index contributed by atoms with van der Waals surface area (Å²) in [5.74, 6) is 1.74. The standard InChI is InChI=1S/C23H30N2O3/c1-24(18-19-8-3-4-9-22(19)25-15-5-6-16-25)23(26)10-7-17-28-21-13-11-20(27-2)12-14-21/h3-4,8-9,11-14H,5-7,10,15-18H2,1-2H3. The van der Waals surface area contributed by atoms with Crippen LogP contribution in [0.5, 0.6) is 11.5 Å². The van der Waals surface area contributed by atoms with Crippen molar-refractivity contribution in [1.82, 2.24) is 4.90 Å². The smallest absolute Gasteiger partial charge is 0.222 e. The van der Waals surface area contributed by atoms with E-state index in [1.165, 1.54) is 24.1 Å². The minimum Gasteiger partial charge on any atom is -0.497 e. The Morgan fingerprint density at radius 2 is 1.71 bits per heavy atom. The molecule has 150 valence electrons. The molecule has 1 fully saturated rings. The molecule has 0 atom stereocenters. The zero-order valence-electron chi connectivity index (χ0n) is 16.9. The molecule has 3 rings (SSSR count). The van der Waals surface area contributed by atoms with Crippen molar-refractivity contribution in [2.45, 2.75) is 32.2 Å². The van der Waals surface area contributed by atoms with Gasteiger partial charge in [-0.25, -0.2) is 0 Å². The van der Waals surface area contributed by atoms with Crippen molar-refractivity contribution < 1.29 is 14.3 Å². The van der Waals surface area contributed by atoms with Crippen molar-refractivity contribution in [2.24, 2.45) is 0 Å². The lowest BCUT2D eigenvalue weighted by molar-refractivity contribution is -0.130. The van der Waals surface area contributed by atoms with Gasteiger partial charge in [0.2, 0.25) is 5.91 Å². The molecule has 5 heteroatoms. The molecule has 1 amide bonds. The number of hydrogen-bond donors (Lipinski definition) is 0. The van der Waals surface area contributed by atoms with Crippen LogP contribution in [0.1, 0.15) is 31.2 Å². The van der Waals surface area contributed by atoms with Gasteiger partial charge >= 0.3 is 0 Å². The number of benzene rings is 2. The van der Waals surface area contributed by atoms with Crippen LogP contribution in [-0.4, -0.2) is 44.7 Å².